The number of nitrogens with zero attached hydrogens (tertiary/aromatic N) is 1. The quantitative estimate of drug-likeness (QED) is 0.487. The molecule has 6 N–H and O–H groups in total. The smallest absolute Gasteiger partial charge is 0.142 e. The molecule has 0 aromatic heterocycles. The Hall–Kier alpha value is -1.34. The van der Waals surface area contributed by atoms with Crippen LogP contribution in [0, 0.1) is 5.82 Å². The minimum atomic E-state index is -0.906. The molecule has 1 aromatic carbocycles. The van der Waals surface area contributed by atoms with Gasteiger partial charge in [0.15, 0.2) is 0 Å². The summed E-state index contributed by atoms with van der Waals surface area (Å²) in [6.07, 6.45) is 4.14. The van der Waals surface area contributed by atoms with Gasteiger partial charge in [-0.3, -0.25) is 0 Å². The molecule has 1 aromatic rings. The number of hydrogen-bond donors (Lipinski definition) is 4. The molecule has 0 amide bonds. The first kappa shape index (κ1) is 17.7. The molecular formula is C14H22ClFN4O. The maximum atomic E-state index is 13.2. The number of hydrazine groups is 1. The number of nitrogens with one attached hydrogen (secondary N) is 1. The number of halogens is 2. The second-order valence-corrected chi connectivity index (χ2v) is 5.32. The maximum Gasteiger partial charge on any atom is 0.142 e. The highest BCUT2D eigenvalue weighted by atomic mass is 35.5. The first-order chi connectivity index (χ1) is 9.89. The van der Waals surface area contributed by atoms with Crippen molar-refractivity contribution in [1.82, 2.24) is 10.3 Å². The summed E-state index contributed by atoms with van der Waals surface area (Å²) in [5, 5.41) is 14.9. The minimum Gasteiger partial charge on any atom is -0.403 e. The summed E-state index contributed by atoms with van der Waals surface area (Å²) in [5.41, 5.74) is 4.64. The van der Waals surface area contributed by atoms with Gasteiger partial charge >= 0.3 is 0 Å². The zero-order chi connectivity index (χ0) is 15.9. The lowest BCUT2D eigenvalue weighted by atomic mass is 9.85. The number of nitrogens with two attached hydrogens (primary N) is 2. The predicted molar refractivity (Wildman–Crippen MR) is 82.7 cm³/mol. The molecule has 1 aliphatic heterocycles. The van der Waals surface area contributed by atoms with E-state index in [0.29, 0.717) is 18.4 Å². The zero-order valence-corrected chi connectivity index (χ0v) is 12.8. The van der Waals surface area contributed by atoms with Gasteiger partial charge in [-0.1, -0.05) is 17.7 Å². The van der Waals surface area contributed by atoms with Crippen molar-refractivity contribution in [3.63, 3.8) is 0 Å². The van der Waals surface area contributed by atoms with E-state index < -0.39 is 11.4 Å². The summed E-state index contributed by atoms with van der Waals surface area (Å²) < 4.78 is 13.2. The molecule has 0 aliphatic carbocycles. The van der Waals surface area contributed by atoms with Gasteiger partial charge in [0.25, 0.3) is 0 Å². The van der Waals surface area contributed by atoms with Gasteiger partial charge in [-0.05, 0) is 43.6 Å². The van der Waals surface area contributed by atoms with Crippen LogP contribution in [0.2, 0.25) is 5.02 Å². The molecule has 21 heavy (non-hydrogen) atoms. The minimum absolute atomic E-state index is 0.0938. The number of aliphatic hydroxyl groups is 1. The summed E-state index contributed by atoms with van der Waals surface area (Å²) in [7, 11) is 1.70. The van der Waals surface area contributed by atoms with Crippen LogP contribution in [0.3, 0.4) is 0 Å². The Morgan fingerprint density at radius 3 is 2.48 bits per heavy atom. The highest BCUT2D eigenvalue weighted by Gasteiger charge is 2.31. The molecule has 5 nitrogen and oxygen atoms in total. The van der Waals surface area contributed by atoms with Crippen LogP contribution < -0.4 is 16.9 Å². The van der Waals surface area contributed by atoms with E-state index in [1.807, 2.05) is 0 Å². The SMILES string of the molecule is CN(N)/C=C\N.OC1(c2ccc(Cl)c(F)c2)CCNCC1. The second-order valence-electron chi connectivity index (χ2n) is 4.92. The van der Waals surface area contributed by atoms with Gasteiger partial charge in [0.05, 0.1) is 10.6 Å². The molecule has 1 fully saturated rings. The average molecular weight is 317 g/mol. The van der Waals surface area contributed by atoms with E-state index in [0.717, 1.165) is 13.1 Å². The van der Waals surface area contributed by atoms with Crippen molar-refractivity contribution in [3.8, 4) is 0 Å². The third-order valence-electron chi connectivity index (χ3n) is 3.21. The monoisotopic (exact) mass is 316 g/mol. The number of piperidine rings is 1. The Morgan fingerprint density at radius 2 is 2.05 bits per heavy atom. The van der Waals surface area contributed by atoms with Crippen LogP contribution in [0.4, 0.5) is 4.39 Å². The van der Waals surface area contributed by atoms with E-state index in [1.165, 1.54) is 23.3 Å². The van der Waals surface area contributed by atoms with Crippen LogP contribution >= 0.6 is 11.6 Å². The van der Waals surface area contributed by atoms with E-state index >= 15 is 0 Å². The highest BCUT2D eigenvalue weighted by molar-refractivity contribution is 6.30. The van der Waals surface area contributed by atoms with Gasteiger partial charge < -0.3 is 21.2 Å². The number of hydrogen-bond acceptors (Lipinski definition) is 5. The molecule has 1 saturated heterocycles. The number of rotatable bonds is 2. The third kappa shape index (κ3) is 5.51. The van der Waals surface area contributed by atoms with Crippen molar-refractivity contribution >= 4 is 11.6 Å². The summed E-state index contributed by atoms with van der Waals surface area (Å²) >= 11 is 5.60. The maximum absolute atomic E-state index is 13.2. The van der Waals surface area contributed by atoms with E-state index in [9.17, 15) is 9.50 Å². The molecule has 118 valence electrons. The fraction of sp³-hybridized carbons (Fsp3) is 0.429. The zero-order valence-electron chi connectivity index (χ0n) is 12.0. The van der Waals surface area contributed by atoms with E-state index in [-0.39, 0.29) is 5.02 Å². The summed E-state index contributed by atoms with van der Waals surface area (Å²) in [6.45, 7) is 1.50. The molecule has 0 bridgehead atoms. The largest absolute Gasteiger partial charge is 0.403 e. The predicted octanol–water partition coefficient (Wildman–Crippen LogP) is 1.27. The van der Waals surface area contributed by atoms with Crippen molar-refractivity contribution in [2.45, 2.75) is 18.4 Å². The van der Waals surface area contributed by atoms with Gasteiger partial charge in [0.1, 0.15) is 5.82 Å². The average Bonchev–Trinajstić information content (AvgIpc) is 2.43. The van der Waals surface area contributed by atoms with Gasteiger partial charge in [-0.25, -0.2) is 10.2 Å². The standard InChI is InChI=1S/C11H13ClFNO.C3H9N3/c12-9-2-1-8(7-10(9)13)11(15)3-5-14-6-4-11;1-6(5)3-2-4/h1-2,7,14-15H,3-6H2;2-3H,4-5H2,1H3/b;3-2-. The molecule has 0 saturated carbocycles. The Balaban J connectivity index is 0.000000315. The molecule has 0 unspecified atom stereocenters. The van der Waals surface area contributed by atoms with Crippen LogP contribution in [-0.2, 0) is 5.60 Å². The summed E-state index contributed by atoms with van der Waals surface area (Å²) in [4.78, 5) is 0. The Labute approximate surface area is 129 Å². The lowest BCUT2D eigenvalue weighted by molar-refractivity contribution is 0.00568. The van der Waals surface area contributed by atoms with Crippen molar-refractivity contribution in [2.75, 3.05) is 20.1 Å². The molecule has 7 heteroatoms. The van der Waals surface area contributed by atoms with Crippen molar-refractivity contribution < 1.29 is 9.50 Å². The Kier molecular flexibility index (Phi) is 6.91. The van der Waals surface area contributed by atoms with Gasteiger partial charge in [-0.15, -0.1) is 0 Å². The molecule has 0 radical (unpaired) electrons. The van der Waals surface area contributed by atoms with Gasteiger partial charge in [0.2, 0.25) is 0 Å². The van der Waals surface area contributed by atoms with Gasteiger partial charge in [-0.2, -0.15) is 0 Å². The van der Waals surface area contributed by atoms with Gasteiger partial charge in [0, 0.05) is 19.4 Å². The normalized spacial score (nSPS) is 17.2. The fourth-order valence-electron chi connectivity index (χ4n) is 2.05. The molecule has 2 rings (SSSR count). The first-order valence-corrected chi connectivity index (χ1v) is 7.01. The van der Waals surface area contributed by atoms with Crippen molar-refractivity contribution in [2.24, 2.45) is 11.6 Å². The molecule has 0 spiro atoms. The first-order valence-electron chi connectivity index (χ1n) is 6.63. The summed E-state index contributed by atoms with van der Waals surface area (Å²) in [6, 6.07) is 4.51. The molecular weight excluding hydrogens is 295 g/mol. The van der Waals surface area contributed by atoms with E-state index in [1.54, 1.807) is 19.3 Å². The number of benzene rings is 1. The summed E-state index contributed by atoms with van der Waals surface area (Å²) in [5.74, 6) is 4.60. The molecule has 1 aliphatic rings. The third-order valence-corrected chi connectivity index (χ3v) is 3.52. The van der Waals surface area contributed by atoms with Crippen molar-refractivity contribution in [3.05, 3.63) is 47.0 Å². The lowest BCUT2D eigenvalue weighted by Gasteiger charge is -2.33. The topological polar surface area (TPSA) is 87.5 Å². The Morgan fingerprint density at radius 1 is 1.43 bits per heavy atom. The fourth-order valence-corrected chi connectivity index (χ4v) is 2.17. The van der Waals surface area contributed by atoms with Crippen LogP contribution in [0.15, 0.2) is 30.6 Å². The van der Waals surface area contributed by atoms with Crippen LogP contribution in [0.1, 0.15) is 18.4 Å². The molecule has 1 heterocycles. The van der Waals surface area contributed by atoms with Crippen LogP contribution in [0.5, 0.6) is 0 Å². The molecule has 0 atom stereocenters. The van der Waals surface area contributed by atoms with Crippen LogP contribution in [-0.4, -0.2) is 30.3 Å². The second kappa shape index (κ2) is 8.19. The van der Waals surface area contributed by atoms with Crippen LogP contribution in [0.25, 0.3) is 0 Å². The van der Waals surface area contributed by atoms with E-state index in [2.05, 4.69) is 5.32 Å². The van der Waals surface area contributed by atoms with E-state index in [4.69, 9.17) is 23.2 Å². The lowest BCUT2D eigenvalue weighted by Crippen LogP contribution is -2.39. The van der Waals surface area contributed by atoms with Crippen molar-refractivity contribution in [1.29, 1.82) is 0 Å². The highest BCUT2D eigenvalue weighted by Crippen LogP contribution is 2.32. The Bertz CT molecular complexity index is 476.